The molecule has 0 atom stereocenters. The van der Waals surface area contributed by atoms with Gasteiger partial charge in [-0.1, -0.05) is 12.5 Å². The molecule has 1 aliphatic carbocycles. The molecule has 2 heterocycles. The number of carbonyl (C=O) groups is 1. The molecule has 3 rings (SSSR count). The smallest absolute Gasteiger partial charge is 0.238 e. The number of allylic oxidation sites excluding steroid dienone is 2. The van der Waals surface area contributed by atoms with Crippen molar-refractivity contribution >= 4 is 28.6 Å². The van der Waals surface area contributed by atoms with Crippen LogP contribution in [0, 0.1) is 6.92 Å². The first-order valence-electron chi connectivity index (χ1n) is 9.86. The number of ketones is 1. The van der Waals surface area contributed by atoms with Crippen molar-refractivity contribution in [2.24, 2.45) is 0 Å². The standard InChI is InChI=1S/C22H26N4O2S/c1-3-8-19(27)21-16(2)13-20(25-14-23-15-29-21)26-18-11-7-12-24-22(18)28-17-9-5-4-6-10-17/h3,7-8,11-15,17,26H,4-6,9-10H2,1-2H3/b8-3-,20-13?,21-16?,23-15?,25-14?. The number of carbonyl (C=O) groups excluding carboxylic acids is 1. The molecule has 0 unspecified atom stereocenters. The number of aromatic nitrogens is 3. The van der Waals surface area contributed by atoms with E-state index in [0.29, 0.717) is 16.6 Å². The Morgan fingerprint density at radius 1 is 1.28 bits per heavy atom. The lowest BCUT2D eigenvalue weighted by molar-refractivity contribution is 0.104. The van der Waals surface area contributed by atoms with Gasteiger partial charge in [0.05, 0.1) is 10.4 Å². The second-order valence-electron chi connectivity index (χ2n) is 6.88. The molecule has 0 amide bonds. The molecule has 1 saturated carbocycles. The van der Waals surface area contributed by atoms with Crippen molar-refractivity contribution in [3.05, 3.63) is 58.8 Å². The Balaban J connectivity index is 1.91. The van der Waals surface area contributed by atoms with Crippen LogP contribution in [0.5, 0.6) is 5.88 Å². The number of anilines is 2. The molecular weight excluding hydrogens is 384 g/mol. The van der Waals surface area contributed by atoms with E-state index >= 15 is 0 Å². The fourth-order valence-corrected chi connectivity index (χ4v) is 3.86. The summed E-state index contributed by atoms with van der Waals surface area (Å²) in [5, 5.41) is 3.29. The number of nitrogens with one attached hydrogen (secondary N) is 1. The highest BCUT2D eigenvalue weighted by atomic mass is 32.1. The number of pyridine rings is 1. The minimum absolute atomic E-state index is 0.0540. The Labute approximate surface area is 175 Å². The van der Waals surface area contributed by atoms with Crippen LogP contribution in [0.1, 0.15) is 54.3 Å². The highest BCUT2D eigenvalue weighted by molar-refractivity contribution is 7.11. The maximum atomic E-state index is 12.4. The van der Waals surface area contributed by atoms with E-state index in [4.69, 9.17) is 4.74 Å². The zero-order valence-corrected chi connectivity index (χ0v) is 17.6. The van der Waals surface area contributed by atoms with Crippen molar-refractivity contribution in [2.75, 3.05) is 5.32 Å². The molecule has 2 aromatic heterocycles. The number of nitrogens with zero attached hydrogens (tertiary/aromatic N) is 3. The summed E-state index contributed by atoms with van der Waals surface area (Å²) in [5.74, 6) is 1.08. The van der Waals surface area contributed by atoms with Crippen LogP contribution in [0.3, 0.4) is 0 Å². The fourth-order valence-electron chi connectivity index (χ4n) is 3.21. The van der Waals surface area contributed by atoms with Gasteiger partial charge in [-0.2, -0.15) is 0 Å². The fraction of sp³-hybridized carbons (Fsp3) is 0.364. The van der Waals surface area contributed by atoms with E-state index in [1.54, 1.807) is 23.9 Å². The minimum Gasteiger partial charge on any atom is -0.473 e. The predicted molar refractivity (Wildman–Crippen MR) is 116 cm³/mol. The first-order valence-corrected chi connectivity index (χ1v) is 10.7. The Hall–Kier alpha value is -2.80. The summed E-state index contributed by atoms with van der Waals surface area (Å²) in [6.45, 7) is 3.71. The van der Waals surface area contributed by atoms with Crippen molar-refractivity contribution < 1.29 is 9.53 Å². The van der Waals surface area contributed by atoms with Gasteiger partial charge < -0.3 is 10.1 Å². The van der Waals surface area contributed by atoms with Crippen LogP contribution in [0.25, 0.3) is 0 Å². The van der Waals surface area contributed by atoms with E-state index in [-0.39, 0.29) is 11.9 Å². The van der Waals surface area contributed by atoms with Crippen molar-refractivity contribution in [3.8, 4) is 5.88 Å². The van der Waals surface area contributed by atoms with Gasteiger partial charge in [-0.25, -0.2) is 15.0 Å². The summed E-state index contributed by atoms with van der Waals surface area (Å²) in [6.07, 6.45) is 12.4. The van der Waals surface area contributed by atoms with Gasteiger partial charge in [-0.15, -0.1) is 11.3 Å². The quantitative estimate of drug-likeness (QED) is 0.495. The maximum Gasteiger partial charge on any atom is 0.238 e. The maximum absolute atomic E-state index is 12.4. The van der Waals surface area contributed by atoms with Crippen LogP contribution in [0.15, 0.2) is 48.4 Å². The van der Waals surface area contributed by atoms with E-state index in [0.717, 1.165) is 24.1 Å². The summed E-state index contributed by atoms with van der Waals surface area (Å²) >= 11 is 1.29. The topological polar surface area (TPSA) is 77.0 Å². The highest BCUT2D eigenvalue weighted by Crippen LogP contribution is 2.29. The monoisotopic (exact) mass is 410 g/mol. The molecule has 1 aliphatic rings. The van der Waals surface area contributed by atoms with E-state index in [1.165, 1.54) is 36.9 Å². The van der Waals surface area contributed by atoms with Crippen LogP contribution in [0.2, 0.25) is 0 Å². The summed E-state index contributed by atoms with van der Waals surface area (Å²) in [5.41, 5.74) is 3.17. The van der Waals surface area contributed by atoms with Gasteiger partial charge in [0.25, 0.3) is 0 Å². The summed E-state index contributed by atoms with van der Waals surface area (Å²) in [7, 11) is 0. The number of aryl methyl sites for hydroxylation is 1. The summed E-state index contributed by atoms with van der Waals surface area (Å²) < 4.78 is 6.17. The van der Waals surface area contributed by atoms with Crippen LogP contribution in [-0.2, 0) is 0 Å². The Kier molecular flexibility index (Phi) is 7.69. The minimum atomic E-state index is -0.0540. The second-order valence-corrected chi connectivity index (χ2v) is 7.74. The highest BCUT2D eigenvalue weighted by Gasteiger charge is 2.17. The molecule has 0 bridgehead atoms. The van der Waals surface area contributed by atoms with Crippen molar-refractivity contribution in [1.82, 2.24) is 15.0 Å². The van der Waals surface area contributed by atoms with E-state index < -0.39 is 0 Å². The predicted octanol–water partition coefficient (Wildman–Crippen LogP) is 5.58. The van der Waals surface area contributed by atoms with Crippen molar-refractivity contribution in [2.45, 2.75) is 52.1 Å². The number of hydrogen-bond donors (Lipinski definition) is 1. The normalized spacial score (nSPS) is 14.4. The molecule has 7 heteroatoms. The van der Waals surface area contributed by atoms with Crippen molar-refractivity contribution in [1.29, 1.82) is 0 Å². The molecular formula is C22H26N4O2S. The SMILES string of the molecule is C/C=C\C(=O)c1scncnc(Nc2cccnc2OC2CCCCC2)cc1C. The Morgan fingerprint density at radius 3 is 2.90 bits per heavy atom. The van der Waals surface area contributed by atoms with Crippen LogP contribution < -0.4 is 10.1 Å². The van der Waals surface area contributed by atoms with Gasteiger partial charge in [-0.05, 0) is 69.4 Å². The number of rotatable bonds is 6. The average molecular weight is 411 g/mol. The van der Waals surface area contributed by atoms with Crippen molar-refractivity contribution in [3.63, 3.8) is 0 Å². The Bertz CT molecular complexity index is 919. The van der Waals surface area contributed by atoms with E-state index in [9.17, 15) is 4.79 Å². The number of hydrogen-bond acceptors (Lipinski definition) is 7. The van der Waals surface area contributed by atoms with Crippen LogP contribution in [-0.4, -0.2) is 26.8 Å². The molecule has 0 aromatic carbocycles. The molecule has 1 fully saturated rings. The summed E-state index contributed by atoms with van der Waals surface area (Å²) in [6, 6.07) is 5.61. The lowest BCUT2D eigenvalue weighted by atomic mass is 9.98. The molecule has 2 aromatic rings. The third-order valence-electron chi connectivity index (χ3n) is 4.61. The molecule has 0 aliphatic heterocycles. The molecule has 0 spiro atoms. The molecule has 29 heavy (non-hydrogen) atoms. The Morgan fingerprint density at radius 2 is 2.10 bits per heavy atom. The third kappa shape index (κ3) is 6.09. The van der Waals surface area contributed by atoms with Gasteiger partial charge in [-0.3, -0.25) is 4.79 Å². The van der Waals surface area contributed by atoms with Gasteiger partial charge in [0, 0.05) is 6.20 Å². The average Bonchev–Trinajstić information content (AvgIpc) is 2.81. The van der Waals surface area contributed by atoms with Crippen LogP contribution >= 0.6 is 11.3 Å². The van der Waals surface area contributed by atoms with E-state index in [1.807, 2.05) is 32.0 Å². The first-order chi connectivity index (χ1) is 14.2. The first kappa shape index (κ1) is 20.9. The number of ether oxygens (including phenoxy) is 1. The molecule has 1 N–H and O–H groups in total. The van der Waals surface area contributed by atoms with Crippen LogP contribution in [0.4, 0.5) is 11.5 Å². The van der Waals surface area contributed by atoms with Gasteiger partial charge in [0.1, 0.15) is 23.9 Å². The lowest BCUT2D eigenvalue weighted by Gasteiger charge is -2.23. The van der Waals surface area contributed by atoms with Gasteiger partial charge >= 0.3 is 0 Å². The molecule has 6 nitrogen and oxygen atoms in total. The van der Waals surface area contributed by atoms with E-state index in [2.05, 4.69) is 20.3 Å². The molecule has 152 valence electrons. The largest absolute Gasteiger partial charge is 0.473 e. The van der Waals surface area contributed by atoms with Gasteiger partial charge in [0.2, 0.25) is 5.88 Å². The third-order valence-corrected chi connectivity index (χ3v) is 5.60. The zero-order chi connectivity index (χ0) is 20.5. The summed E-state index contributed by atoms with van der Waals surface area (Å²) in [4.78, 5) is 25.9. The zero-order valence-electron chi connectivity index (χ0n) is 16.8. The van der Waals surface area contributed by atoms with Gasteiger partial charge in [0.15, 0.2) is 5.78 Å². The molecule has 0 saturated heterocycles. The second kappa shape index (κ2) is 10.7. The lowest BCUT2D eigenvalue weighted by Crippen LogP contribution is -2.20. The molecule has 0 radical (unpaired) electrons.